The van der Waals surface area contributed by atoms with Crippen molar-refractivity contribution in [2.75, 3.05) is 26.2 Å². The van der Waals surface area contributed by atoms with E-state index in [1.807, 2.05) is 12.3 Å². The zero-order valence-electron chi connectivity index (χ0n) is 9.73. The molecule has 0 heterocycles. The zero-order chi connectivity index (χ0) is 11.6. The van der Waals surface area contributed by atoms with Gasteiger partial charge in [-0.05, 0) is 11.8 Å². The average Bonchev–Trinajstić information content (AvgIpc) is 2.34. The van der Waals surface area contributed by atoms with Gasteiger partial charge in [0.25, 0.3) is 0 Å². The van der Waals surface area contributed by atoms with Crippen LogP contribution < -0.4 is 11.1 Å². The molecule has 0 atom stereocenters. The Bertz CT molecular complexity index is 284. The molecule has 0 aliphatic rings. The molecular weight excluding hydrogens is 198 g/mol. The third-order valence-electron chi connectivity index (χ3n) is 2.42. The van der Waals surface area contributed by atoms with Gasteiger partial charge in [0.1, 0.15) is 0 Å². The highest BCUT2D eigenvalue weighted by molar-refractivity contribution is 5.14. The van der Waals surface area contributed by atoms with E-state index < -0.39 is 0 Å². The summed E-state index contributed by atoms with van der Waals surface area (Å²) >= 11 is 0. The van der Waals surface area contributed by atoms with E-state index in [4.69, 9.17) is 5.73 Å². The SMILES string of the molecule is C=CN(CCN)CCNCc1ccccc1. The smallest absolute Gasteiger partial charge is 0.0298 e. The molecule has 0 bridgehead atoms. The molecule has 88 valence electrons. The molecule has 0 aliphatic carbocycles. The van der Waals surface area contributed by atoms with Crippen LogP contribution in [0.1, 0.15) is 5.56 Å². The van der Waals surface area contributed by atoms with Crippen LogP contribution in [-0.2, 0) is 6.54 Å². The predicted molar refractivity (Wildman–Crippen MR) is 69.0 cm³/mol. The first-order valence-electron chi connectivity index (χ1n) is 5.68. The lowest BCUT2D eigenvalue weighted by molar-refractivity contribution is 0.380. The molecule has 1 aromatic carbocycles. The normalized spacial score (nSPS) is 10.1. The molecule has 16 heavy (non-hydrogen) atoms. The molecule has 0 amide bonds. The van der Waals surface area contributed by atoms with Crippen LogP contribution in [0.3, 0.4) is 0 Å². The average molecular weight is 219 g/mol. The van der Waals surface area contributed by atoms with Crippen LogP contribution in [-0.4, -0.2) is 31.1 Å². The molecule has 3 heteroatoms. The van der Waals surface area contributed by atoms with Gasteiger partial charge in [-0.3, -0.25) is 0 Å². The summed E-state index contributed by atoms with van der Waals surface area (Å²) in [5, 5.41) is 3.39. The Hall–Kier alpha value is -1.32. The Labute approximate surface area is 97.9 Å². The molecule has 0 unspecified atom stereocenters. The van der Waals surface area contributed by atoms with Crippen LogP contribution in [0, 0.1) is 0 Å². The first kappa shape index (κ1) is 12.7. The fourth-order valence-electron chi connectivity index (χ4n) is 1.51. The van der Waals surface area contributed by atoms with Gasteiger partial charge in [0.05, 0.1) is 0 Å². The van der Waals surface area contributed by atoms with Crippen molar-refractivity contribution in [3.8, 4) is 0 Å². The highest BCUT2D eigenvalue weighted by Gasteiger charge is 1.96. The molecule has 0 spiro atoms. The van der Waals surface area contributed by atoms with E-state index in [0.717, 1.165) is 26.2 Å². The van der Waals surface area contributed by atoms with Gasteiger partial charge in [0, 0.05) is 32.7 Å². The van der Waals surface area contributed by atoms with Crippen LogP contribution in [0.15, 0.2) is 43.1 Å². The number of rotatable bonds is 8. The van der Waals surface area contributed by atoms with Crippen LogP contribution in [0.5, 0.6) is 0 Å². The third-order valence-corrected chi connectivity index (χ3v) is 2.42. The second-order valence-electron chi connectivity index (χ2n) is 3.67. The Morgan fingerprint density at radius 3 is 2.62 bits per heavy atom. The number of nitrogens with zero attached hydrogens (tertiary/aromatic N) is 1. The monoisotopic (exact) mass is 219 g/mol. The molecule has 3 N–H and O–H groups in total. The first-order chi connectivity index (χ1) is 7.86. The van der Waals surface area contributed by atoms with Crippen LogP contribution in [0.2, 0.25) is 0 Å². The van der Waals surface area contributed by atoms with Gasteiger partial charge < -0.3 is 16.0 Å². The summed E-state index contributed by atoms with van der Waals surface area (Å²) in [5.74, 6) is 0. The van der Waals surface area contributed by atoms with E-state index in [0.29, 0.717) is 6.54 Å². The Kier molecular flexibility index (Phi) is 6.30. The minimum absolute atomic E-state index is 0.671. The van der Waals surface area contributed by atoms with Gasteiger partial charge in [0.2, 0.25) is 0 Å². The summed E-state index contributed by atoms with van der Waals surface area (Å²) in [6, 6.07) is 10.4. The van der Waals surface area contributed by atoms with E-state index in [1.165, 1.54) is 5.56 Å². The number of hydrogen-bond donors (Lipinski definition) is 2. The quantitative estimate of drug-likeness (QED) is 0.645. The van der Waals surface area contributed by atoms with Crippen LogP contribution in [0.4, 0.5) is 0 Å². The molecular formula is C13H21N3. The highest BCUT2D eigenvalue weighted by Crippen LogP contribution is 1.96. The fourth-order valence-corrected chi connectivity index (χ4v) is 1.51. The van der Waals surface area contributed by atoms with E-state index in [9.17, 15) is 0 Å². The molecule has 3 nitrogen and oxygen atoms in total. The van der Waals surface area contributed by atoms with E-state index >= 15 is 0 Å². The molecule has 0 radical (unpaired) electrons. The van der Waals surface area contributed by atoms with Crippen molar-refractivity contribution in [1.29, 1.82) is 0 Å². The second kappa shape index (κ2) is 7.91. The van der Waals surface area contributed by atoms with Crippen molar-refractivity contribution < 1.29 is 0 Å². The summed E-state index contributed by atoms with van der Waals surface area (Å²) in [6.07, 6.45) is 1.84. The van der Waals surface area contributed by atoms with Crippen molar-refractivity contribution in [1.82, 2.24) is 10.2 Å². The zero-order valence-corrected chi connectivity index (χ0v) is 9.73. The second-order valence-corrected chi connectivity index (χ2v) is 3.67. The third kappa shape index (κ3) is 4.96. The lowest BCUT2D eigenvalue weighted by atomic mass is 10.2. The lowest BCUT2D eigenvalue weighted by Gasteiger charge is -2.18. The van der Waals surface area contributed by atoms with Crippen molar-refractivity contribution in [3.05, 3.63) is 48.7 Å². The minimum atomic E-state index is 0.671. The van der Waals surface area contributed by atoms with Gasteiger partial charge >= 0.3 is 0 Å². The van der Waals surface area contributed by atoms with Gasteiger partial charge in [-0.25, -0.2) is 0 Å². The van der Waals surface area contributed by atoms with E-state index in [2.05, 4.69) is 41.1 Å². The van der Waals surface area contributed by atoms with E-state index in [1.54, 1.807) is 0 Å². The molecule has 1 aromatic rings. The highest BCUT2D eigenvalue weighted by atomic mass is 15.1. The summed E-state index contributed by atoms with van der Waals surface area (Å²) < 4.78 is 0. The Balaban J connectivity index is 2.14. The molecule has 1 rings (SSSR count). The van der Waals surface area contributed by atoms with E-state index in [-0.39, 0.29) is 0 Å². The Morgan fingerprint density at radius 2 is 2.00 bits per heavy atom. The first-order valence-corrected chi connectivity index (χ1v) is 5.68. The topological polar surface area (TPSA) is 41.3 Å². The van der Waals surface area contributed by atoms with Crippen molar-refractivity contribution in [3.63, 3.8) is 0 Å². The molecule has 0 saturated heterocycles. The molecule has 0 aromatic heterocycles. The minimum Gasteiger partial charge on any atom is -0.375 e. The number of nitrogens with two attached hydrogens (primary N) is 1. The summed E-state index contributed by atoms with van der Waals surface area (Å²) in [7, 11) is 0. The maximum Gasteiger partial charge on any atom is 0.0298 e. The van der Waals surface area contributed by atoms with Crippen LogP contribution >= 0.6 is 0 Å². The molecule has 0 saturated carbocycles. The number of benzene rings is 1. The summed E-state index contributed by atoms with van der Waals surface area (Å²) in [5.41, 5.74) is 6.80. The maximum absolute atomic E-state index is 5.49. The lowest BCUT2D eigenvalue weighted by Crippen LogP contribution is -2.31. The standard InChI is InChI=1S/C13H21N3/c1-2-16(10-8-14)11-9-15-12-13-6-4-3-5-7-13/h2-7,15H,1,8-12,14H2. The Morgan fingerprint density at radius 1 is 1.25 bits per heavy atom. The van der Waals surface area contributed by atoms with Gasteiger partial charge in [-0.15, -0.1) is 0 Å². The van der Waals surface area contributed by atoms with Crippen molar-refractivity contribution >= 4 is 0 Å². The van der Waals surface area contributed by atoms with Crippen molar-refractivity contribution in [2.45, 2.75) is 6.54 Å². The molecule has 0 aliphatic heterocycles. The predicted octanol–water partition coefficient (Wildman–Crippen LogP) is 1.18. The molecule has 0 fully saturated rings. The van der Waals surface area contributed by atoms with Crippen LogP contribution in [0.25, 0.3) is 0 Å². The number of hydrogen-bond acceptors (Lipinski definition) is 3. The largest absolute Gasteiger partial charge is 0.375 e. The van der Waals surface area contributed by atoms with Gasteiger partial charge in [-0.1, -0.05) is 36.9 Å². The summed E-state index contributed by atoms with van der Waals surface area (Å²) in [4.78, 5) is 2.12. The fraction of sp³-hybridized carbons (Fsp3) is 0.385. The maximum atomic E-state index is 5.49. The summed E-state index contributed by atoms with van der Waals surface area (Å²) in [6.45, 7) is 8.11. The van der Waals surface area contributed by atoms with Gasteiger partial charge in [0.15, 0.2) is 0 Å². The number of nitrogens with one attached hydrogen (secondary N) is 1. The van der Waals surface area contributed by atoms with Crippen molar-refractivity contribution in [2.24, 2.45) is 5.73 Å². The van der Waals surface area contributed by atoms with Gasteiger partial charge in [-0.2, -0.15) is 0 Å².